The van der Waals surface area contributed by atoms with E-state index in [-0.39, 0.29) is 11.4 Å². The highest BCUT2D eigenvalue weighted by Crippen LogP contribution is 2.62. The molecule has 1 aromatic heterocycles. The Labute approximate surface area is 160 Å². The summed E-state index contributed by atoms with van der Waals surface area (Å²) in [4.78, 5) is 8.70. The lowest BCUT2D eigenvalue weighted by Crippen LogP contribution is -2.19. The zero-order valence-corrected chi connectivity index (χ0v) is 17.0. The number of aromatic hydroxyl groups is 1. The van der Waals surface area contributed by atoms with Crippen molar-refractivity contribution in [3.8, 4) is 11.5 Å². The van der Waals surface area contributed by atoms with Crippen LogP contribution in [0.3, 0.4) is 0 Å². The van der Waals surface area contributed by atoms with Crippen molar-refractivity contribution in [3.63, 3.8) is 0 Å². The van der Waals surface area contributed by atoms with E-state index < -0.39 is 6.04 Å². The molecule has 1 fully saturated rings. The molecular weight excluding hydrogens is 365 g/mol. The molecule has 1 aliphatic heterocycles. The van der Waals surface area contributed by atoms with Gasteiger partial charge < -0.3 is 15.2 Å². The second-order valence-electron chi connectivity index (χ2n) is 6.83. The lowest BCUT2D eigenvalue weighted by Gasteiger charge is -2.35. The van der Waals surface area contributed by atoms with E-state index in [1.807, 2.05) is 19.1 Å². The normalized spacial score (nSPS) is 17.5. The van der Waals surface area contributed by atoms with E-state index in [9.17, 15) is 5.11 Å². The van der Waals surface area contributed by atoms with Crippen LogP contribution >= 0.6 is 6.04 Å². The first-order valence-corrected chi connectivity index (χ1v) is 12.2. The van der Waals surface area contributed by atoms with Crippen LogP contribution in [-0.2, 0) is 11.8 Å². The fourth-order valence-corrected chi connectivity index (χ4v) is 8.36. The molecule has 1 unspecified atom stereocenters. The predicted molar refractivity (Wildman–Crippen MR) is 111 cm³/mol. The van der Waals surface area contributed by atoms with Crippen molar-refractivity contribution >= 4 is 23.7 Å². The number of benzene rings is 1. The molecule has 140 valence electrons. The fourth-order valence-electron chi connectivity index (χ4n) is 3.50. The second kappa shape index (κ2) is 8.36. The minimum Gasteiger partial charge on any atom is -0.504 e. The van der Waals surface area contributed by atoms with E-state index in [1.54, 1.807) is 25.6 Å². The molecule has 0 spiro atoms. The maximum absolute atomic E-state index is 9.95. The van der Waals surface area contributed by atoms with Gasteiger partial charge in [-0.25, -0.2) is 4.98 Å². The van der Waals surface area contributed by atoms with Crippen molar-refractivity contribution in [2.24, 2.45) is 0 Å². The first-order valence-electron chi connectivity index (χ1n) is 8.99. The zero-order valence-electron chi connectivity index (χ0n) is 15.3. The lowest BCUT2D eigenvalue weighted by molar-refractivity contribution is 0.373. The number of phenolic OH excluding ortho intramolecular Hbond substituents is 1. The van der Waals surface area contributed by atoms with E-state index in [4.69, 9.17) is 16.5 Å². The number of hydrogen-bond donors (Lipinski definition) is 2. The first kappa shape index (κ1) is 19.1. The summed E-state index contributed by atoms with van der Waals surface area (Å²) in [5, 5.41) is 13.4. The van der Waals surface area contributed by atoms with E-state index in [0.717, 1.165) is 35.9 Å². The third-order valence-electron chi connectivity index (χ3n) is 4.99. The first-order chi connectivity index (χ1) is 12.5. The average molecular weight is 391 g/mol. The molecule has 5 nitrogen and oxygen atoms in total. The van der Waals surface area contributed by atoms with Gasteiger partial charge >= 0.3 is 0 Å². The molecule has 0 saturated carbocycles. The third-order valence-corrected chi connectivity index (χ3v) is 10.6. The molecule has 1 atom stereocenters. The topological polar surface area (TPSA) is 67.3 Å². The number of anilines is 1. The average Bonchev–Trinajstić information content (AvgIpc) is 2.65. The predicted octanol–water partition coefficient (Wildman–Crippen LogP) is 4.32. The van der Waals surface area contributed by atoms with Gasteiger partial charge in [0.1, 0.15) is 5.82 Å². The summed E-state index contributed by atoms with van der Waals surface area (Å²) >= 11 is 6.24. The van der Waals surface area contributed by atoms with Crippen molar-refractivity contribution in [3.05, 3.63) is 41.9 Å². The van der Waals surface area contributed by atoms with Gasteiger partial charge in [-0.3, -0.25) is 4.98 Å². The largest absolute Gasteiger partial charge is 0.504 e. The van der Waals surface area contributed by atoms with Crippen LogP contribution in [0.25, 0.3) is 0 Å². The number of methoxy groups -OCH3 is 1. The highest BCUT2D eigenvalue weighted by atomic mass is 32.4. The van der Waals surface area contributed by atoms with Gasteiger partial charge in [0.15, 0.2) is 11.5 Å². The molecule has 3 rings (SSSR count). The summed E-state index contributed by atoms with van der Waals surface area (Å²) in [6.07, 6.45) is 9.51. The Morgan fingerprint density at radius 2 is 2.00 bits per heavy atom. The number of ether oxygens (including phenoxy) is 1. The van der Waals surface area contributed by atoms with Gasteiger partial charge in [0.25, 0.3) is 0 Å². The zero-order chi connectivity index (χ0) is 18.6. The number of rotatable bonds is 6. The van der Waals surface area contributed by atoms with Crippen LogP contribution in [-0.4, -0.2) is 41.1 Å². The summed E-state index contributed by atoms with van der Waals surface area (Å²) in [6.45, 7) is 2.65. The highest BCUT2D eigenvalue weighted by molar-refractivity contribution is 8.14. The summed E-state index contributed by atoms with van der Waals surface area (Å²) in [5.41, 5.74) is 2.27. The number of nitrogens with zero attached hydrogens (tertiary/aromatic N) is 2. The molecule has 2 N–H and O–H groups in total. The van der Waals surface area contributed by atoms with E-state index in [0.29, 0.717) is 5.75 Å². The summed E-state index contributed by atoms with van der Waals surface area (Å²) in [6, 6.07) is 4.07. The van der Waals surface area contributed by atoms with Crippen LogP contribution in [0.15, 0.2) is 30.6 Å². The van der Waals surface area contributed by atoms with Gasteiger partial charge in [-0.2, -0.15) is 0 Å². The Hall–Kier alpha value is -1.65. The summed E-state index contributed by atoms with van der Waals surface area (Å²) in [7, 11) is 1.58. The molecule has 1 saturated heterocycles. The van der Waals surface area contributed by atoms with Gasteiger partial charge in [-0.05, 0) is 55.8 Å². The van der Waals surface area contributed by atoms with Crippen molar-refractivity contribution < 1.29 is 9.84 Å². The quantitative estimate of drug-likeness (QED) is 0.715. The number of nitrogens with one attached hydrogen (secondary N) is 1. The molecule has 0 aliphatic carbocycles. The molecule has 2 aromatic rings. The third kappa shape index (κ3) is 4.36. The van der Waals surface area contributed by atoms with Gasteiger partial charge in [0, 0.05) is 12.2 Å². The Morgan fingerprint density at radius 3 is 2.65 bits per heavy atom. The molecule has 0 amide bonds. The van der Waals surface area contributed by atoms with Gasteiger partial charge in [-0.1, -0.05) is 24.3 Å². The van der Waals surface area contributed by atoms with Crippen molar-refractivity contribution in [1.29, 1.82) is 0 Å². The maximum Gasteiger partial charge on any atom is 0.160 e. The molecule has 0 radical (unpaired) electrons. The van der Waals surface area contributed by atoms with Crippen LogP contribution in [0.2, 0.25) is 0 Å². The van der Waals surface area contributed by atoms with Gasteiger partial charge in [-0.15, -0.1) is 0 Å². The Bertz CT molecular complexity index is 788. The summed E-state index contributed by atoms with van der Waals surface area (Å²) < 4.78 is 5.32. The van der Waals surface area contributed by atoms with Crippen LogP contribution in [0.5, 0.6) is 11.5 Å². The SMILES string of the molecule is COc1cc(C(CNc2cnc(C)cn2)P2(=S)CCCCC2)ccc1O. The van der Waals surface area contributed by atoms with Crippen molar-refractivity contribution in [2.45, 2.75) is 31.8 Å². The minimum absolute atomic E-state index is 0.160. The molecule has 2 heterocycles. The Kier molecular flexibility index (Phi) is 6.15. The molecule has 1 aromatic carbocycles. The molecular formula is C19H26N3O2PS. The molecule has 7 heteroatoms. The van der Waals surface area contributed by atoms with Crippen LogP contribution in [0, 0.1) is 6.92 Å². The Morgan fingerprint density at radius 1 is 1.23 bits per heavy atom. The highest BCUT2D eigenvalue weighted by Gasteiger charge is 2.31. The summed E-state index contributed by atoms with van der Waals surface area (Å²) in [5.74, 6) is 1.43. The standard InChI is InChI=1S/C19H26N3O2PS/c1-14-11-21-19(13-20-14)22-12-18(25(26)8-4-3-5-9-25)15-6-7-16(23)17(10-15)24-2/h6-7,10-11,13,18,23H,3-5,8-9,12H2,1-2H3,(H,21,22). The van der Waals surface area contributed by atoms with Crippen LogP contribution < -0.4 is 10.1 Å². The minimum atomic E-state index is -1.55. The second-order valence-corrected chi connectivity index (χ2v) is 12.4. The lowest BCUT2D eigenvalue weighted by atomic mass is 10.1. The fraction of sp³-hybridized carbons (Fsp3) is 0.474. The monoisotopic (exact) mass is 391 g/mol. The van der Waals surface area contributed by atoms with E-state index in [1.165, 1.54) is 19.3 Å². The van der Waals surface area contributed by atoms with Crippen molar-refractivity contribution in [2.75, 3.05) is 31.3 Å². The van der Waals surface area contributed by atoms with Crippen LogP contribution in [0.1, 0.15) is 36.2 Å². The van der Waals surface area contributed by atoms with Crippen LogP contribution in [0.4, 0.5) is 5.82 Å². The molecule has 26 heavy (non-hydrogen) atoms. The van der Waals surface area contributed by atoms with Crippen molar-refractivity contribution in [1.82, 2.24) is 9.97 Å². The Balaban J connectivity index is 1.88. The molecule has 0 bridgehead atoms. The van der Waals surface area contributed by atoms with E-state index in [2.05, 4.69) is 15.3 Å². The smallest absolute Gasteiger partial charge is 0.160 e. The van der Waals surface area contributed by atoms with Gasteiger partial charge in [0.2, 0.25) is 0 Å². The number of phenols is 1. The number of aromatic nitrogens is 2. The maximum atomic E-state index is 9.95. The molecule has 1 aliphatic rings. The number of aryl methyl sites for hydroxylation is 1. The van der Waals surface area contributed by atoms with E-state index >= 15 is 0 Å². The van der Waals surface area contributed by atoms with Gasteiger partial charge in [0.05, 0.1) is 25.2 Å². The number of hydrogen-bond acceptors (Lipinski definition) is 6.